The molecule has 0 saturated heterocycles. The molecule has 28 heavy (non-hydrogen) atoms. The SMILES string of the molecule is CC(C)(C)c1ccc2ccc(CC(C)(C)c3ccc4ccccc4n3)cc2c1. The zero-order valence-corrected chi connectivity index (χ0v) is 17.6. The highest BCUT2D eigenvalue weighted by Crippen LogP contribution is 2.31. The van der Waals surface area contributed by atoms with Gasteiger partial charge in [-0.3, -0.25) is 4.98 Å². The number of hydrogen-bond acceptors (Lipinski definition) is 1. The summed E-state index contributed by atoms with van der Waals surface area (Å²) >= 11 is 0. The van der Waals surface area contributed by atoms with E-state index in [1.807, 2.05) is 0 Å². The van der Waals surface area contributed by atoms with Crippen LogP contribution in [-0.2, 0) is 17.3 Å². The fraction of sp³-hybridized carbons (Fsp3) is 0.296. The van der Waals surface area contributed by atoms with Crippen LogP contribution in [0.5, 0.6) is 0 Å². The molecule has 1 heterocycles. The van der Waals surface area contributed by atoms with Crippen LogP contribution in [0, 0.1) is 0 Å². The van der Waals surface area contributed by atoms with Gasteiger partial charge in [-0.05, 0) is 45.9 Å². The third kappa shape index (κ3) is 3.67. The molecule has 1 nitrogen and oxygen atoms in total. The lowest BCUT2D eigenvalue weighted by molar-refractivity contribution is 0.507. The highest BCUT2D eigenvalue weighted by atomic mass is 14.7. The predicted octanol–water partition coefficient (Wildman–Crippen LogP) is 7.21. The van der Waals surface area contributed by atoms with Gasteiger partial charge in [0.05, 0.1) is 5.52 Å². The molecule has 0 aliphatic heterocycles. The zero-order valence-electron chi connectivity index (χ0n) is 17.6. The van der Waals surface area contributed by atoms with Gasteiger partial charge in [0, 0.05) is 16.5 Å². The summed E-state index contributed by atoms with van der Waals surface area (Å²) in [6.45, 7) is 11.4. The van der Waals surface area contributed by atoms with E-state index in [1.54, 1.807) is 0 Å². The van der Waals surface area contributed by atoms with Crippen LogP contribution in [0.2, 0.25) is 0 Å². The van der Waals surface area contributed by atoms with Crippen molar-refractivity contribution >= 4 is 21.7 Å². The number of para-hydroxylation sites is 1. The van der Waals surface area contributed by atoms with Crippen molar-refractivity contribution in [3.63, 3.8) is 0 Å². The van der Waals surface area contributed by atoms with E-state index < -0.39 is 0 Å². The first-order valence-corrected chi connectivity index (χ1v) is 10.1. The third-order valence-electron chi connectivity index (χ3n) is 5.71. The van der Waals surface area contributed by atoms with E-state index in [9.17, 15) is 0 Å². The summed E-state index contributed by atoms with van der Waals surface area (Å²) in [7, 11) is 0. The van der Waals surface area contributed by atoms with Crippen molar-refractivity contribution in [2.24, 2.45) is 0 Å². The van der Waals surface area contributed by atoms with Gasteiger partial charge in [0.2, 0.25) is 0 Å². The maximum absolute atomic E-state index is 4.95. The van der Waals surface area contributed by atoms with E-state index in [2.05, 4.69) is 107 Å². The average molecular weight is 368 g/mol. The fourth-order valence-electron chi connectivity index (χ4n) is 3.92. The number of nitrogens with zero attached hydrogens (tertiary/aromatic N) is 1. The highest BCUT2D eigenvalue weighted by Gasteiger charge is 2.23. The summed E-state index contributed by atoms with van der Waals surface area (Å²) in [6.07, 6.45) is 0.966. The first-order chi connectivity index (χ1) is 13.2. The summed E-state index contributed by atoms with van der Waals surface area (Å²) < 4.78 is 0. The maximum Gasteiger partial charge on any atom is 0.0705 e. The molecule has 142 valence electrons. The lowest BCUT2D eigenvalue weighted by Crippen LogP contribution is -2.22. The van der Waals surface area contributed by atoms with Gasteiger partial charge in [0.15, 0.2) is 0 Å². The van der Waals surface area contributed by atoms with E-state index in [4.69, 9.17) is 4.98 Å². The van der Waals surface area contributed by atoms with Gasteiger partial charge in [0.1, 0.15) is 0 Å². The van der Waals surface area contributed by atoms with Gasteiger partial charge < -0.3 is 0 Å². The Morgan fingerprint density at radius 3 is 2.18 bits per heavy atom. The molecule has 0 radical (unpaired) electrons. The van der Waals surface area contributed by atoms with Gasteiger partial charge >= 0.3 is 0 Å². The molecule has 0 atom stereocenters. The van der Waals surface area contributed by atoms with Crippen LogP contribution < -0.4 is 0 Å². The lowest BCUT2D eigenvalue weighted by Gasteiger charge is -2.25. The molecule has 0 aliphatic carbocycles. The van der Waals surface area contributed by atoms with Crippen LogP contribution in [0.25, 0.3) is 21.7 Å². The summed E-state index contributed by atoms with van der Waals surface area (Å²) in [5, 5.41) is 3.83. The Hall–Kier alpha value is -2.67. The summed E-state index contributed by atoms with van der Waals surface area (Å²) in [4.78, 5) is 4.95. The van der Waals surface area contributed by atoms with Crippen molar-refractivity contribution in [1.29, 1.82) is 0 Å². The molecule has 0 aliphatic rings. The van der Waals surface area contributed by atoms with Crippen LogP contribution in [0.15, 0.2) is 72.8 Å². The minimum Gasteiger partial charge on any atom is -0.252 e. The quantitative estimate of drug-likeness (QED) is 0.373. The van der Waals surface area contributed by atoms with E-state index in [0.29, 0.717) is 0 Å². The van der Waals surface area contributed by atoms with E-state index in [0.717, 1.165) is 17.6 Å². The van der Waals surface area contributed by atoms with Gasteiger partial charge in [0.25, 0.3) is 0 Å². The lowest BCUT2D eigenvalue weighted by atomic mass is 9.81. The first-order valence-electron chi connectivity index (χ1n) is 10.1. The minimum absolute atomic E-state index is 0.0284. The zero-order chi connectivity index (χ0) is 19.9. The number of benzene rings is 3. The van der Waals surface area contributed by atoms with Crippen molar-refractivity contribution in [3.8, 4) is 0 Å². The molecule has 0 saturated carbocycles. The summed E-state index contributed by atoms with van der Waals surface area (Å²) in [6, 6.07) is 26.4. The second kappa shape index (κ2) is 6.74. The van der Waals surface area contributed by atoms with E-state index >= 15 is 0 Å². The van der Waals surface area contributed by atoms with Crippen LogP contribution in [0.1, 0.15) is 51.4 Å². The van der Waals surface area contributed by atoms with Gasteiger partial charge in [-0.25, -0.2) is 0 Å². The number of aromatic nitrogens is 1. The molecule has 0 N–H and O–H groups in total. The molecule has 3 aromatic carbocycles. The van der Waals surface area contributed by atoms with Gasteiger partial charge in [-0.1, -0.05) is 95.3 Å². The normalized spacial score (nSPS) is 12.6. The molecule has 4 rings (SSSR count). The topological polar surface area (TPSA) is 12.9 Å². The second-order valence-corrected chi connectivity index (χ2v) is 9.60. The molecule has 0 bridgehead atoms. The van der Waals surface area contributed by atoms with Crippen LogP contribution in [-0.4, -0.2) is 4.98 Å². The maximum atomic E-state index is 4.95. The number of hydrogen-bond donors (Lipinski definition) is 0. The van der Waals surface area contributed by atoms with Crippen LogP contribution in [0.3, 0.4) is 0 Å². The Balaban J connectivity index is 1.68. The van der Waals surface area contributed by atoms with Gasteiger partial charge in [-0.15, -0.1) is 0 Å². The van der Waals surface area contributed by atoms with E-state index in [1.165, 1.54) is 27.3 Å². The smallest absolute Gasteiger partial charge is 0.0705 e. The number of pyridine rings is 1. The predicted molar refractivity (Wildman–Crippen MR) is 121 cm³/mol. The Morgan fingerprint density at radius 1 is 0.679 bits per heavy atom. The largest absolute Gasteiger partial charge is 0.252 e. The molecule has 0 unspecified atom stereocenters. The molecular formula is C27H29N. The molecular weight excluding hydrogens is 338 g/mol. The standard InChI is InChI=1S/C27H29N/c1-26(2,3)23-14-12-20-11-10-19(16-22(20)17-23)18-27(4,5)25-15-13-21-8-6-7-9-24(21)28-25/h6-17H,18H2,1-5H3. The van der Waals surface area contributed by atoms with Crippen LogP contribution in [0.4, 0.5) is 0 Å². The summed E-state index contributed by atoms with van der Waals surface area (Å²) in [5.41, 5.74) is 5.10. The Kier molecular flexibility index (Phi) is 4.50. The number of rotatable bonds is 3. The van der Waals surface area contributed by atoms with Crippen molar-refractivity contribution in [2.45, 2.75) is 51.9 Å². The van der Waals surface area contributed by atoms with Crippen molar-refractivity contribution in [3.05, 3.63) is 89.6 Å². The summed E-state index contributed by atoms with van der Waals surface area (Å²) in [5.74, 6) is 0. The van der Waals surface area contributed by atoms with E-state index in [-0.39, 0.29) is 10.8 Å². The molecule has 0 amide bonds. The third-order valence-corrected chi connectivity index (χ3v) is 5.71. The number of fused-ring (bicyclic) bond motifs is 2. The highest BCUT2D eigenvalue weighted by molar-refractivity contribution is 5.84. The van der Waals surface area contributed by atoms with Crippen molar-refractivity contribution in [1.82, 2.24) is 4.98 Å². The molecule has 0 fully saturated rings. The fourth-order valence-corrected chi connectivity index (χ4v) is 3.92. The molecule has 4 aromatic rings. The molecule has 1 aromatic heterocycles. The van der Waals surface area contributed by atoms with Crippen LogP contribution >= 0.6 is 0 Å². The minimum atomic E-state index is -0.0284. The second-order valence-electron chi connectivity index (χ2n) is 9.60. The first kappa shape index (κ1) is 18.7. The van der Waals surface area contributed by atoms with Crippen molar-refractivity contribution in [2.75, 3.05) is 0 Å². The van der Waals surface area contributed by atoms with Gasteiger partial charge in [-0.2, -0.15) is 0 Å². The Labute approximate surface area is 168 Å². The van der Waals surface area contributed by atoms with Crippen molar-refractivity contribution < 1.29 is 0 Å². The average Bonchev–Trinajstić information content (AvgIpc) is 2.66. The Bertz CT molecular complexity index is 1150. The Morgan fingerprint density at radius 2 is 1.39 bits per heavy atom. The monoisotopic (exact) mass is 367 g/mol. The molecule has 0 spiro atoms. The molecule has 1 heteroatoms.